The van der Waals surface area contributed by atoms with E-state index < -0.39 is 0 Å². The van der Waals surface area contributed by atoms with Crippen molar-refractivity contribution in [1.29, 1.82) is 5.41 Å². The van der Waals surface area contributed by atoms with E-state index in [1.165, 1.54) is 6.21 Å². The molecule has 1 heterocycles. The highest BCUT2D eigenvalue weighted by molar-refractivity contribution is 6.31. The van der Waals surface area contributed by atoms with Crippen LogP contribution in [0.3, 0.4) is 0 Å². The van der Waals surface area contributed by atoms with Crippen LogP contribution in [0.25, 0.3) is 0 Å². The van der Waals surface area contributed by atoms with Gasteiger partial charge in [-0.15, -0.1) is 0 Å². The number of hydrogen-bond acceptors (Lipinski definition) is 3. The molecule has 17 heavy (non-hydrogen) atoms. The Labute approximate surface area is 106 Å². The highest BCUT2D eigenvalue weighted by Gasteiger charge is 2.07. The fourth-order valence-electron chi connectivity index (χ4n) is 1.81. The molecule has 88 valence electrons. The van der Waals surface area contributed by atoms with E-state index in [1.807, 2.05) is 18.2 Å². The summed E-state index contributed by atoms with van der Waals surface area (Å²) in [6, 6.07) is 3.59. The summed E-state index contributed by atoms with van der Waals surface area (Å²) >= 11 is 6.15. The average molecular weight is 248 g/mol. The predicted molar refractivity (Wildman–Crippen MR) is 73.5 cm³/mol. The van der Waals surface area contributed by atoms with Gasteiger partial charge in [-0.05, 0) is 36.6 Å². The number of nitrogens with zero attached hydrogens (tertiary/aromatic N) is 1. The van der Waals surface area contributed by atoms with Crippen molar-refractivity contribution in [1.82, 2.24) is 0 Å². The molecule has 1 aliphatic heterocycles. The summed E-state index contributed by atoms with van der Waals surface area (Å²) in [7, 11) is 0. The van der Waals surface area contributed by atoms with Crippen LogP contribution in [0.4, 0.5) is 5.69 Å². The zero-order chi connectivity index (χ0) is 12.3. The summed E-state index contributed by atoms with van der Waals surface area (Å²) in [5, 5.41) is 7.86. The van der Waals surface area contributed by atoms with Crippen LogP contribution >= 0.6 is 11.6 Å². The summed E-state index contributed by atoms with van der Waals surface area (Å²) < 4.78 is 0. The van der Waals surface area contributed by atoms with Gasteiger partial charge < -0.3 is 11.1 Å². The lowest BCUT2D eigenvalue weighted by Crippen LogP contribution is -1.99. The van der Waals surface area contributed by atoms with Crippen LogP contribution in [0.5, 0.6) is 0 Å². The minimum absolute atomic E-state index is 0.600. The number of nitrogens with one attached hydrogen (secondary N) is 1. The number of hydrogen-bond donors (Lipinski definition) is 2. The third-order valence-corrected chi connectivity index (χ3v) is 3.12. The zero-order valence-electron chi connectivity index (χ0n) is 9.41. The van der Waals surface area contributed by atoms with Gasteiger partial charge in [-0.1, -0.05) is 17.7 Å². The minimum atomic E-state index is 0.600. The van der Waals surface area contributed by atoms with Crippen LogP contribution in [0, 0.1) is 5.41 Å². The second kappa shape index (κ2) is 5.15. The molecule has 0 saturated carbocycles. The van der Waals surface area contributed by atoms with E-state index in [-0.39, 0.29) is 0 Å². The van der Waals surface area contributed by atoms with Crippen molar-refractivity contribution in [2.45, 2.75) is 12.8 Å². The lowest BCUT2D eigenvalue weighted by atomic mass is 10.0. The van der Waals surface area contributed by atoms with Crippen molar-refractivity contribution in [3.63, 3.8) is 0 Å². The first-order valence-corrected chi connectivity index (χ1v) is 5.86. The number of nitrogen functional groups attached to an aromatic ring is 1. The molecule has 3 nitrogen and oxygen atoms in total. The first-order valence-electron chi connectivity index (χ1n) is 5.49. The molecule has 0 atom stereocenters. The molecule has 0 fully saturated rings. The van der Waals surface area contributed by atoms with Gasteiger partial charge in [0.05, 0.1) is 6.54 Å². The number of aliphatic imine (C=N–C) groups is 1. The summed E-state index contributed by atoms with van der Waals surface area (Å²) in [5.41, 5.74) is 9.21. The van der Waals surface area contributed by atoms with Gasteiger partial charge in [-0.3, -0.25) is 4.99 Å². The van der Waals surface area contributed by atoms with Gasteiger partial charge in [0.15, 0.2) is 0 Å². The third kappa shape index (κ3) is 2.74. The predicted octanol–water partition coefficient (Wildman–Crippen LogP) is 2.86. The topological polar surface area (TPSA) is 62.2 Å². The van der Waals surface area contributed by atoms with Crippen LogP contribution < -0.4 is 5.73 Å². The first-order chi connectivity index (χ1) is 8.20. The van der Waals surface area contributed by atoms with Gasteiger partial charge in [-0.2, -0.15) is 0 Å². The van der Waals surface area contributed by atoms with E-state index in [9.17, 15) is 0 Å². The Morgan fingerprint density at radius 3 is 2.88 bits per heavy atom. The Morgan fingerprint density at radius 2 is 2.24 bits per heavy atom. The molecule has 1 aromatic carbocycles. The maximum atomic E-state index is 7.20. The number of rotatable bonds is 4. The molecule has 4 heteroatoms. The molecule has 3 N–H and O–H groups in total. The van der Waals surface area contributed by atoms with Gasteiger partial charge in [-0.25, -0.2) is 0 Å². The van der Waals surface area contributed by atoms with E-state index in [1.54, 1.807) is 6.07 Å². The molecule has 0 aliphatic carbocycles. The fourth-order valence-corrected chi connectivity index (χ4v) is 2.07. The maximum absolute atomic E-state index is 7.20. The van der Waals surface area contributed by atoms with Gasteiger partial charge in [0, 0.05) is 28.2 Å². The standard InChI is InChI=1S/C13H14ClN3/c14-12-6-10(8-15)13(16)7-9(12)3-4-11-2-1-5-17-11/h1-2,6-8,15H,3-5,16H2. The number of aryl methyl sites for hydroxylation is 1. The lowest BCUT2D eigenvalue weighted by molar-refractivity contribution is 1.04. The highest BCUT2D eigenvalue weighted by atomic mass is 35.5. The van der Waals surface area contributed by atoms with Crippen LogP contribution in [-0.4, -0.2) is 18.5 Å². The average Bonchev–Trinajstić information content (AvgIpc) is 2.82. The molecule has 1 aromatic rings. The second-order valence-electron chi connectivity index (χ2n) is 3.95. The largest absolute Gasteiger partial charge is 0.398 e. The monoisotopic (exact) mass is 247 g/mol. The maximum Gasteiger partial charge on any atom is 0.0577 e. The molecule has 0 aromatic heterocycles. The fraction of sp³-hybridized carbons (Fsp3) is 0.231. The Hall–Kier alpha value is -1.61. The van der Waals surface area contributed by atoms with Gasteiger partial charge >= 0.3 is 0 Å². The Bertz CT molecular complexity index is 504. The number of benzene rings is 1. The molecule has 0 amide bonds. The van der Waals surface area contributed by atoms with Gasteiger partial charge in [0.25, 0.3) is 0 Å². The normalized spacial score (nSPS) is 13.8. The number of nitrogens with two attached hydrogens (primary N) is 1. The van der Waals surface area contributed by atoms with E-state index in [4.69, 9.17) is 22.7 Å². The highest BCUT2D eigenvalue weighted by Crippen LogP contribution is 2.24. The van der Waals surface area contributed by atoms with E-state index >= 15 is 0 Å². The second-order valence-corrected chi connectivity index (χ2v) is 4.36. The molecule has 0 bridgehead atoms. The summed E-state index contributed by atoms with van der Waals surface area (Å²) in [6.45, 7) is 0.790. The summed E-state index contributed by atoms with van der Waals surface area (Å²) in [6.07, 6.45) is 7.01. The summed E-state index contributed by atoms with van der Waals surface area (Å²) in [4.78, 5) is 4.33. The first kappa shape index (κ1) is 11.9. The van der Waals surface area contributed by atoms with Crippen molar-refractivity contribution in [3.05, 3.63) is 40.4 Å². The molecular weight excluding hydrogens is 234 g/mol. The van der Waals surface area contributed by atoms with Gasteiger partial charge in [0.2, 0.25) is 0 Å². The van der Waals surface area contributed by atoms with Crippen molar-refractivity contribution in [2.24, 2.45) is 4.99 Å². The SMILES string of the molecule is N=Cc1cc(Cl)c(CCC2=NCC=C2)cc1N. The van der Waals surface area contributed by atoms with Gasteiger partial charge in [0.1, 0.15) is 0 Å². The molecule has 0 spiro atoms. The van der Waals surface area contributed by atoms with Crippen molar-refractivity contribution >= 4 is 29.2 Å². The van der Waals surface area contributed by atoms with Crippen LogP contribution in [0.15, 0.2) is 29.3 Å². The minimum Gasteiger partial charge on any atom is -0.398 e. The Balaban J connectivity index is 2.13. The van der Waals surface area contributed by atoms with Crippen LogP contribution in [0.1, 0.15) is 17.5 Å². The molecule has 1 aliphatic rings. The smallest absolute Gasteiger partial charge is 0.0577 e. The number of allylic oxidation sites excluding steroid dienone is 1. The van der Waals surface area contributed by atoms with Crippen LogP contribution in [-0.2, 0) is 6.42 Å². The lowest BCUT2D eigenvalue weighted by Gasteiger charge is -2.07. The van der Waals surface area contributed by atoms with E-state index in [0.29, 0.717) is 16.3 Å². The van der Waals surface area contributed by atoms with E-state index in [0.717, 1.165) is 30.7 Å². The molecule has 0 saturated heterocycles. The number of halogens is 1. The quantitative estimate of drug-likeness (QED) is 0.624. The Kier molecular flexibility index (Phi) is 3.59. The molecule has 2 rings (SSSR count). The summed E-state index contributed by atoms with van der Waals surface area (Å²) in [5.74, 6) is 0. The van der Waals surface area contributed by atoms with Crippen molar-refractivity contribution in [3.8, 4) is 0 Å². The third-order valence-electron chi connectivity index (χ3n) is 2.77. The van der Waals surface area contributed by atoms with Crippen molar-refractivity contribution in [2.75, 3.05) is 12.3 Å². The molecule has 0 radical (unpaired) electrons. The Morgan fingerprint density at radius 1 is 1.41 bits per heavy atom. The van der Waals surface area contributed by atoms with Crippen molar-refractivity contribution < 1.29 is 0 Å². The van der Waals surface area contributed by atoms with E-state index in [2.05, 4.69) is 4.99 Å². The van der Waals surface area contributed by atoms with Crippen LogP contribution in [0.2, 0.25) is 5.02 Å². The number of anilines is 1. The molecule has 0 unspecified atom stereocenters. The molecular formula is C13H14ClN3. The zero-order valence-corrected chi connectivity index (χ0v) is 10.2.